The van der Waals surface area contributed by atoms with E-state index >= 15 is 0 Å². The molecule has 10 heteroatoms. The summed E-state index contributed by atoms with van der Waals surface area (Å²) in [7, 11) is -0.475. The molecule has 0 radical (unpaired) electrons. The van der Waals surface area contributed by atoms with Gasteiger partial charge in [0.25, 0.3) is 0 Å². The van der Waals surface area contributed by atoms with E-state index in [1.165, 1.54) is 17.8 Å². The molecule has 9 nitrogen and oxygen atoms in total. The number of carbonyl (C=O) groups excluding carboxylic acids is 2. The molecule has 0 spiro atoms. The zero-order chi connectivity index (χ0) is 28.4. The van der Waals surface area contributed by atoms with Crippen molar-refractivity contribution in [2.45, 2.75) is 70.5 Å². The van der Waals surface area contributed by atoms with Crippen molar-refractivity contribution in [2.75, 3.05) is 31.3 Å². The quantitative estimate of drug-likeness (QED) is 0.396. The fourth-order valence-electron chi connectivity index (χ4n) is 4.85. The van der Waals surface area contributed by atoms with Gasteiger partial charge in [-0.3, -0.25) is 13.9 Å². The van der Waals surface area contributed by atoms with Crippen LogP contribution in [-0.4, -0.2) is 64.2 Å². The van der Waals surface area contributed by atoms with Gasteiger partial charge in [-0.05, 0) is 56.0 Å². The smallest absolute Gasteiger partial charge is 0.242 e. The van der Waals surface area contributed by atoms with Crippen LogP contribution in [0.25, 0.3) is 0 Å². The van der Waals surface area contributed by atoms with Gasteiger partial charge in [0.2, 0.25) is 21.8 Å². The Kier molecular flexibility index (Phi) is 11.0. The summed E-state index contributed by atoms with van der Waals surface area (Å²) in [5.41, 5.74) is 1.34. The van der Waals surface area contributed by atoms with Gasteiger partial charge in [0, 0.05) is 31.6 Å². The Morgan fingerprint density at radius 2 is 1.67 bits per heavy atom. The predicted octanol–water partition coefficient (Wildman–Crippen LogP) is 4.12. The Labute approximate surface area is 232 Å². The highest BCUT2D eigenvalue weighted by Crippen LogP contribution is 2.24. The number of sulfonamides is 1. The first kappa shape index (κ1) is 30.3. The van der Waals surface area contributed by atoms with E-state index in [0.717, 1.165) is 37.5 Å². The number of nitrogens with one attached hydrogen (secondary N) is 1. The van der Waals surface area contributed by atoms with Crippen molar-refractivity contribution >= 4 is 27.5 Å². The van der Waals surface area contributed by atoms with Crippen molar-refractivity contribution in [2.24, 2.45) is 0 Å². The summed E-state index contributed by atoms with van der Waals surface area (Å²) in [5.74, 6) is 0.868. The van der Waals surface area contributed by atoms with Crippen molar-refractivity contribution in [3.05, 3.63) is 54.1 Å². The Morgan fingerprint density at radius 3 is 2.28 bits per heavy atom. The lowest BCUT2D eigenvalue weighted by molar-refractivity contribution is -0.141. The molecule has 2 aromatic rings. The van der Waals surface area contributed by atoms with Crippen LogP contribution in [0, 0.1) is 0 Å². The third kappa shape index (κ3) is 8.88. The minimum Gasteiger partial charge on any atom is -0.497 e. The van der Waals surface area contributed by atoms with Crippen LogP contribution >= 0.6 is 0 Å². The Morgan fingerprint density at radius 1 is 1.00 bits per heavy atom. The van der Waals surface area contributed by atoms with E-state index in [9.17, 15) is 18.0 Å². The van der Waals surface area contributed by atoms with Crippen molar-refractivity contribution in [1.82, 2.24) is 10.2 Å². The van der Waals surface area contributed by atoms with Gasteiger partial charge in [-0.25, -0.2) is 8.42 Å². The van der Waals surface area contributed by atoms with Crippen LogP contribution in [0.3, 0.4) is 0 Å². The average molecular weight is 560 g/mol. The molecule has 1 fully saturated rings. The Bertz CT molecular complexity index is 1200. The van der Waals surface area contributed by atoms with Gasteiger partial charge in [-0.2, -0.15) is 0 Å². The fourth-order valence-corrected chi connectivity index (χ4v) is 5.81. The minimum absolute atomic E-state index is 0.0905. The summed E-state index contributed by atoms with van der Waals surface area (Å²) < 4.78 is 36.8. The molecular formula is C29H41N3O6S. The molecule has 1 atom stereocenters. The number of rotatable bonds is 13. The largest absolute Gasteiger partial charge is 0.497 e. The van der Waals surface area contributed by atoms with Crippen LogP contribution in [0.2, 0.25) is 0 Å². The molecule has 0 saturated heterocycles. The van der Waals surface area contributed by atoms with E-state index in [1.54, 1.807) is 43.2 Å². The molecule has 1 saturated carbocycles. The van der Waals surface area contributed by atoms with Gasteiger partial charge in [-0.1, -0.05) is 37.5 Å². The summed E-state index contributed by atoms with van der Waals surface area (Å²) >= 11 is 0. The standard InChI is InChI=1S/C29H41N3O6S/c1-22(29(34)30-24-10-6-5-7-11-24)31(21-23-15-17-26(37-2)18-16-23)28(33)14-9-19-32(39(4,35)36)25-12-8-13-27(20-25)38-3/h8,12-13,15-18,20,22,24H,5-7,9-11,14,19,21H2,1-4H3,(H,30,34). The molecule has 0 heterocycles. The number of nitrogens with zero attached hydrogens (tertiary/aromatic N) is 2. The van der Waals surface area contributed by atoms with E-state index in [1.807, 2.05) is 24.3 Å². The van der Waals surface area contributed by atoms with E-state index in [0.29, 0.717) is 23.6 Å². The highest BCUT2D eigenvalue weighted by Gasteiger charge is 2.28. The SMILES string of the molecule is COc1ccc(CN(C(=O)CCCN(c2cccc(OC)c2)S(C)(=O)=O)C(C)C(=O)NC2CCCCC2)cc1. The minimum atomic E-state index is -3.59. The fraction of sp³-hybridized carbons (Fsp3) is 0.517. The number of anilines is 1. The molecule has 1 unspecified atom stereocenters. The maximum absolute atomic E-state index is 13.5. The van der Waals surface area contributed by atoms with Crippen molar-refractivity contribution < 1.29 is 27.5 Å². The Hall–Kier alpha value is -3.27. The topological polar surface area (TPSA) is 105 Å². The molecule has 2 amide bonds. The van der Waals surface area contributed by atoms with E-state index in [2.05, 4.69) is 5.32 Å². The second-order valence-corrected chi connectivity index (χ2v) is 11.9. The summed E-state index contributed by atoms with van der Waals surface area (Å²) in [4.78, 5) is 28.3. The summed E-state index contributed by atoms with van der Waals surface area (Å²) in [6, 6.07) is 13.7. The highest BCUT2D eigenvalue weighted by molar-refractivity contribution is 7.92. The molecule has 0 aromatic heterocycles. The predicted molar refractivity (Wildman–Crippen MR) is 152 cm³/mol. The molecular weight excluding hydrogens is 518 g/mol. The number of hydrogen-bond donors (Lipinski definition) is 1. The lowest BCUT2D eigenvalue weighted by Gasteiger charge is -2.31. The molecule has 1 N–H and O–H groups in total. The molecule has 0 bridgehead atoms. The summed E-state index contributed by atoms with van der Waals surface area (Å²) in [5, 5.41) is 3.13. The zero-order valence-corrected chi connectivity index (χ0v) is 24.2. The molecule has 3 rings (SSSR count). The van der Waals surface area contributed by atoms with Crippen molar-refractivity contribution in [3.8, 4) is 11.5 Å². The van der Waals surface area contributed by atoms with Gasteiger partial charge >= 0.3 is 0 Å². The lowest BCUT2D eigenvalue weighted by Crippen LogP contribution is -2.50. The molecule has 1 aliphatic carbocycles. The van der Waals surface area contributed by atoms with Gasteiger partial charge in [0.1, 0.15) is 17.5 Å². The van der Waals surface area contributed by atoms with E-state index < -0.39 is 16.1 Å². The van der Waals surface area contributed by atoms with Crippen LogP contribution < -0.4 is 19.1 Å². The number of hydrogen-bond acceptors (Lipinski definition) is 6. The third-order valence-electron chi connectivity index (χ3n) is 7.12. The lowest BCUT2D eigenvalue weighted by atomic mass is 9.95. The maximum Gasteiger partial charge on any atom is 0.242 e. The van der Waals surface area contributed by atoms with E-state index in [-0.39, 0.29) is 37.4 Å². The van der Waals surface area contributed by atoms with Gasteiger partial charge in [0.15, 0.2) is 0 Å². The van der Waals surface area contributed by atoms with Gasteiger partial charge in [-0.15, -0.1) is 0 Å². The van der Waals surface area contributed by atoms with Crippen LogP contribution in [0.15, 0.2) is 48.5 Å². The van der Waals surface area contributed by atoms with Crippen LogP contribution in [0.4, 0.5) is 5.69 Å². The number of carbonyl (C=O) groups is 2. The summed E-state index contributed by atoms with van der Waals surface area (Å²) in [6.07, 6.45) is 6.81. The second-order valence-electron chi connectivity index (χ2n) is 10.0. The maximum atomic E-state index is 13.5. The number of ether oxygens (including phenoxy) is 2. The van der Waals surface area contributed by atoms with Crippen LogP contribution in [0.5, 0.6) is 11.5 Å². The second kappa shape index (κ2) is 14.2. The summed E-state index contributed by atoms with van der Waals surface area (Å²) in [6.45, 7) is 2.13. The van der Waals surface area contributed by atoms with Crippen molar-refractivity contribution in [1.29, 1.82) is 0 Å². The van der Waals surface area contributed by atoms with Gasteiger partial charge < -0.3 is 19.7 Å². The first-order valence-electron chi connectivity index (χ1n) is 13.5. The zero-order valence-electron chi connectivity index (χ0n) is 23.4. The molecule has 2 aromatic carbocycles. The van der Waals surface area contributed by atoms with Crippen molar-refractivity contribution in [3.63, 3.8) is 0 Å². The first-order valence-corrected chi connectivity index (χ1v) is 15.3. The Balaban J connectivity index is 1.72. The third-order valence-corrected chi connectivity index (χ3v) is 8.32. The average Bonchev–Trinajstić information content (AvgIpc) is 2.93. The number of benzene rings is 2. The van der Waals surface area contributed by atoms with Gasteiger partial charge in [0.05, 0.1) is 26.2 Å². The van der Waals surface area contributed by atoms with E-state index in [4.69, 9.17) is 9.47 Å². The number of amides is 2. The van der Waals surface area contributed by atoms with Crippen LogP contribution in [-0.2, 0) is 26.2 Å². The molecule has 1 aliphatic rings. The highest BCUT2D eigenvalue weighted by atomic mass is 32.2. The normalized spacial score (nSPS) is 14.8. The molecule has 0 aliphatic heterocycles. The number of methoxy groups -OCH3 is 2. The first-order chi connectivity index (χ1) is 18.6. The van der Waals surface area contributed by atoms with Crippen LogP contribution in [0.1, 0.15) is 57.4 Å². The molecule has 214 valence electrons. The molecule has 39 heavy (non-hydrogen) atoms. The monoisotopic (exact) mass is 559 g/mol.